The van der Waals surface area contributed by atoms with Crippen molar-refractivity contribution < 1.29 is 14.4 Å². The summed E-state index contributed by atoms with van der Waals surface area (Å²) in [5, 5.41) is 11.3. The van der Waals surface area contributed by atoms with Gasteiger partial charge in [0, 0.05) is 11.6 Å². The first-order chi connectivity index (χ1) is 11.1. The number of aromatic amines is 1. The lowest BCUT2D eigenvalue weighted by Gasteiger charge is -2.22. The Hall–Kier alpha value is -2.73. The quantitative estimate of drug-likeness (QED) is 0.715. The topological polar surface area (TPSA) is 69.2 Å². The Labute approximate surface area is 131 Å². The van der Waals surface area contributed by atoms with Gasteiger partial charge in [-0.15, -0.1) is 0 Å². The van der Waals surface area contributed by atoms with E-state index < -0.39 is 5.91 Å². The van der Waals surface area contributed by atoms with Crippen LogP contribution in [0.3, 0.4) is 0 Å². The number of aromatic nitrogens is 2. The largest absolute Gasteiger partial charge is 0.360 e. The summed E-state index contributed by atoms with van der Waals surface area (Å²) in [5.74, 6) is -0.732. The molecule has 2 N–H and O–H groups in total. The maximum Gasteiger partial charge on any atom is 0.296 e. The van der Waals surface area contributed by atoms with Crippen LogP contribution in [-0.4, -0.2) is 32.7 Å². The maximum atomic E-state index is 13.0. The van der Waals surface area contributed by atoms with E-state index in [1.54, 1.807) is 18.3 Å². The third-order valence-electron chi connectivity index (χ3n) is 4.22. The minimum atomic E-state index is -0.470. The average Bonchev–Trinajstić information content (AvgIpc) is 2.96. The molecule has 3 aromatic rings. The molecule has 0 saturated carbocycles. The minimum Gasteiger partial charge on any atom is -0.360 e. The van der Waals surface area contributed by atoms with Crippen LogP contribution in [0.2, 0.25) is 0 Å². The molecule has 5 nitrogen and oxygen atoms in total. The molecule has 4 rings (SSSR count). The maximum absolute atomic E-state index is 13.0. The van der Waals surface area contributed by atoms with Gasteiger partial charge in [-0.25, -0.2) is 14.4 Å². The number of nitrogens with one attached hydrogen (secondary N) is 1. The molecule has 23 heavy (non-hydrogen) atoms. The summed E-state index contributed by atoms with van der Waals surface area (Å²) in [5.41, 5.74) is 4.04. The molecule has 0 bridgehead atoms. The van der Waals surface area contributed by atoms with Crippen LogP contribution in [0, 0.1) is 5.82 Å². The summed E-state index contributed by atoms with van der Waals surface area (Å²) in [6, 6.07) is 6.38. The molecule has 1 aliphatic heterocycles. The van der Waals surface area contributed by atoms with E-state index in [2.05, 4.69) is 9.97 Å². The normalized spacial score (nSPS) is 14.3. The number of carbonyl (C=O) groups is 1. The van der Waals surface area contributed by atoms with E-state index in [-0.39, 0.29) is 12.4 Å². The van der Waals surface area contributed by atoms with E-state index >= 15 is 0 Å². The number of rotatable bonds is 2. The van der Waals surface area contributed by atoms with Crippen molar-refractivity contribution in [2.45, 2.75) is 12.8 Å². The Bertz CT molecular complexity index is 902. The van der Waals surface area contributed by atoms with Gasteiger partial charge in [0.1, 0.15) is 11.5 Å². The molecule has 0 fully saturated rings. The van der Waals surface area contributed by atoms with Crippen LogP contribution >= 0.6 is 0 Å². The van der Waals surface area contributed by atoms with Crippen LogP contribution < -0.4 is 0 Å². The number of H-pyrrole nitrogens is 1. The molecular weight excluding hydrogens is 297 g/mol. The first-order valence-corrected chi connectivity index (χ1v) is 7.36. The monoisotopic (exact) mass is 311 g/mol. The van der Waals surface area contributed by atoms with Gasteiger partial charge >= 0.3 is 0 Å². The lowest BCUT2D eigenvalue weighted by atomic mass is 9.96. The number of amides is 1. The molecular formula is C17H14FN3O2. The Morgan fingerprint density at radius 1 is 1.30 bits per heavy atom. The number of hydrogen-bond donors (Lipinski definition) is 2. The molecule has 0 aliphatic carbocycles. The number of hydroxylamine groups is 2. The SMILES string of the molecule is O=C1c2ncc3[nH]cc(Cc4ccc(F)cc4)c3c2CCN1O. The average molecular weight is 311 g/mol. The molecule has 0 radical (unpaired) electrons. The van der Waals surface area contributed by atoms with Crippen molar-refractivity contribution in [3.05, 3.63) is 64.9 Å². The smallest absolute Gasteiger partial charge is 0.296 e. The molecule has 1 aromatic carbocycles. The number of nitrogens with zero attached hydrogens (tertiary/aromatic N) is 2. The second-order valence-corrected chi connectivity index (χ2v) is 5.67. The number of pyridine rings is 1. The fraction of sp³-hybridized carbons (Fsp3) is 0.176. The first kappa shape index (κ1) is 13.9. The summed E-state index contributed by atoms with van der Waals surface area (Å²) in [4.78, 5) is 19.4. The van der Waals surface area contributed by atoms with Gasteiger partial charge in [-0.1, -0.05) is 12.1 Å². The number of fused-ring (bicyclic) bond motifs is 3. The number of halogens is 1. The zero-order valence-electron chi connectivity index (χ0n) is 12.2. The van der Waals surface area contributed by atoms with Crippen LogP contribution in [0.15, 0.2) is 36.7 Å². The second kappa shape index (κ2) is 5.17. The van der Waals surface area contributed by atoms with Gasteiger partial charge in [-0.05, 0) is 41.7 Å². The highest BCUT2D eigenvalue weighted by Crippen LogP contribution is 2.29. The fourth-order valence-electron chi connectivity index (χ4n) is 3.10. The van der Waals surface area contributed by atoms with Crippen molar-refractivity contribution in [1.82, 2.24) is 15.0 Å². The van der Waals surface area contributed by atoms with E-state index in [0.717, 1.165) is 27.6 Å². The zero-order valence-corrected chi connectivity index (χ0v) is 12.2. The summed E-state index contributed by atoms with van der Waals surface area (Å²) in [6.07, 6.45) is 4.69. The highest BCUT2D eigenvalue weighted by atomic mass is 19.1. The standard InChI is InChI=1S/C17H14FN3O2/c18-12-3-1-10(2-4-12)7-11-8-19-14-9-20-16-13(15(11)14)5-6-21(23)17(16)22/h1-4,8-9,19,23H,5-7H2. The van der Waals surface area contributed by atoms with Crippen molar-refractivity contribution in [2.75, 3.05) is 6.54 Å². The molecule has 6 heteroatoms. The van der Waals surface area contributed by atoms with E-state index in [9.17, 15) is 14.4 Å². The highest BCUT2D eigenvalue weighted by Gasteiger charge is 2.27. The lowest BCUT2D eigenvalue weighted by Crippen LogP contribution is -2.35. The molecule has 3 heterocycles. The van der Waals surface area contributed by atoms with Gasteiger partial charge in [-0.3, -0.25) is 10.0 Å². The van der Waals surface area contributed by atoms with Crippen LogP contribution in [0.4, 0.5) is 4.39 Å². The molecule has 1 amide bonds. The highest BCUT2D eigenvalue weighted by molar-refractivity contribution is 6.00. The van der Waals surface area contributed by atoms with Gasteiger partial charge in [0.15, 0.2) is 0 Å². The third-order valence-corrected chi connectivity index (χ3v) is 4.22. The predicted octanol–water partition coefficient (Wildman–Crippen LogP) is 2.68. The summed E-state index contributed by atoms with van der Waals surface area (Å²) in [7, 11) is 0. The van der Waals surface area contributed by atoms with Crippen LogP contribution in [0.5, 0.6) is 0 Å². The van der Waals surface area contributed by atoms with Gasteiger partial charge < -0.3 is 4.98 Å². The third kappa shape index (κ3) is 2.27. The molecule has 116 valence electrons. The van der Waals surface area contributed by atoms with Crippen molar-refractivity contribution >= 4 is 16.8 Å². The van der Waals surface area contributed by atoms with Gasteiger partial charge in [0.25, 0.3) is 5.91 Å². The molecule has 0 spiro atoms. The van der Waals surface area contributed by atoms with Crippen molar-refractivity contribution in [3.8, 4) is 0 Å². The minimum absolute atomic E-state index is 0.258. The van der Waals surface area contributed by atoms with E-state index in [0.29, 0.717) is 23.6 Å². The Morgan fingerprint density at radius 2 is 2.09 bits per heavy atom. The van der Waals surface area contributed by atoms with Crippen LogP contribution in [0.25, 0.3) is 10.9 Å². The second-order valence-electron chi connectivity index (χ2n) is 5.67. The Morgan fingerprint density at radius 3 is 2.87 bits per heavy atom. The van der Waals surface area contributed by atoms with E-state index in [1.807, 2.05) is 6.20 Å². The Balaban J connectivity index is 1.82. The molecule has 0 unspecified atom stereocenters. The molecule has 2 aromatic heterocycles. The van der Waals surface area contributed by atoms with Crippen molar-refractivity contribution in [1.29, 1.82) is 0 Å². The molecule has 1 aliphatic rings. The number of hydrogen-bond acceptors (Lipinski definition) is 3. The van der Waals surface area contributed by atoms with Gasteiger partial charge in [0.2, 0.25) is 0 Å². The lowest BCUT2D eigenvalue weighted by molar-refractivity contribution is -0.0606. The summed E-state index contributed by atoms with van der Waals surface area (Å²) in [6.45, 7) is 0.258. The predicted molar refractivity (Wildman–Crippen MR) is 81.8 cm³/mol. The van der Waals surface area contributed by atoms with Crippen LogP contribution in [-0.2, 0) is 12.8 Å². The Kier molecular flexibility index (Phi) is 3.12. The van der Waals surface area contributed by atoms with Crippen molar-refractivity contribution in [2.24, 2.45) is 0 Å². The first-order valence-electron chi connectivity index (χ1n) is 7.36. The number of carbonyl (C=O) groups excluding carboxylic acids is 1. The van der Waals surface area contributed by atoms with E-state index in [1.165, 1.54) is 12.1 Å². The zero-order chi connectivity index (χ0) is 16.0. The van der Waals surface area contributed by atoms with Crippen molar-refractivity contribution in [3.63, 3.8) is 0 Å². The molecule has 0 saturated heterocycles. The molecule has 0 atom stereocenters. The van der Waals surface area contributed by atoms with Gasteiger partial charge in [0.05, 0.1) is 18.3 Å². The fourth-order valence-corrected chi connectivity index (χ4v) is 3.10. The van der Waals surface area contributed by atoms with Crippen LogP contribution in [0.1, 0.15) is 27.2 Å². The van der Waals surface area contributed by atoms with Gasteiger partial charge in [-0.2, -0.15) is 0 Å². The summed E-state index contributed by atoms with van der Waals surface area (Å²) >= 11 is 0. The summed E-state index contributed by atoms with van der Waals surface area (Å²) < 4.78 is 13.0. The number of benzene rings is 1. The van der Waals surface area contributed by atoms with E-state index in [4.69, 9.17) is 0 Å².